The second-order valence-corrected chi connectivity index (χ2v) is 6.18. The Labute approximate surface area is 148 Å². The molecule has 4 rings (SSSR count). The summed E-state index contributed by atoms with van der Waals surface area (Å²) in [7, 11) is 0. The van der Waals surface area contributed by atoms with Gasteiger partial charge in [-0.1, -0.05) is 30.3 Å². The van der Waals surface area contributed by atoms with Crippen molar-refractivity contribution in [1.82, 2.24) is 5.32 Å². The minimum Gasteiger partial charge on any atom is -0.504 e. The van der Waals surface area contributed by atoms with Crippen LogP contribution in [0.15, 0.2) is 45.6 Å². The Kier molecular flexibility index (Phi) is 3.93. The Bertz CT molecular complexity index is 1020. The zero-order chi connectivity index (χ0) is 18.3. The van der Waals surface area contributed by atoms with E-state index in [1.165, 1.54) is 6.07 Å². The maximum absolute atomic E-state index is 12.6. The van der Waals surface area contributed by atoms with Crippen LogP contribution in [0.3, 0.4) is 0 Å². The lowest BCUT2D eigenvalue weighted by Gasteiger charge is -2.30. The average molecular weight is 354 g/mol. The molecule has 3 aromatic rings. The van der Waals surface area contributed by atoms with Crippen LogP contribution in [-0.2, 0) is 0 Å². The smallest absolute Gasteiger partial charge is 0.203 e. The molecule has 7 heteroatoms. The summed E-state index contributed by atoms with van der Waals surface area (Å²) >= 11 is 0. The van der Waals surface area contributed by atoms with Crippen LogP contribution in [-0.4, -0.2) is 41.5 Å². The lowest BCUT2D eigenvalue weighted by Crippen LogP contribution is -2.43. The number of benzene rings is 2. The predicted molar refractivity (Wildman–Crippen MR) is 98.0 cm³/mol. The van der Waals surface area contributed by atoms with Crippen LogP contribution in [0.5, 0.6) is 17.2 Å². The Balaban J connectivity index is 2.05. The van der Waals surface area contributed by atoms with Crippen LogP contribution in [0.2, 0.25) is 0 Å². The fourth-order valence-corrected chi connectivity index (χ4v) is 3.26. The van der Waals surface area contributed by atoms with E-state index in [9.17, 15) is 20.1 Å². The highest BCUT2D eigenvalue weighted by Crippen LogP contribution is 2.48. The molecule has 1 fully saturated rings. The van der Waals surface area contributed by atoms with E-state index in [4.69, 9.17) is 4.42 Å². The number of rotatable bonds is 2. The molecule has 0 aliphatic carbocycles. The molecule has 1 aliphatic rings. The highest BCUT2D eigenvalue weighted by molar-refractivity contribution is 6.00. The quantitative estimate of drug-likeness (QED) is 0.522. The molecule has 0 saturated carbocycles. The summed E-state index contributed by atoms with van der Waals surface area (Å²) < 4.78 is 5.94. The van der Waals surface area contributed by atoms with Crippen molar-refractivity contribution in [2.45, 2.75) is 0 Å². The van der Waals surface area contributed by atoms with E-state index in [-0.39, 0.29) is 16.7 Å². The first kappa shape index (κ1) is 16.3. The van der Waals surface area contributed by atoms with E-state index in [1.807, 2.05) is 23.1 Å². The third-order valence-corrected chi connectivity index (χ3v) is 4.56. The molecule has 1 saturated heterocycles. The summed E-state index contributed by atoms with van der Waals surface area (Å²) in [4.78, 5) is 14.5. The molecule has 0 atom stereocenters. The number of hydrogen-bond donors (Lipinski definition) is 4. The summed E-state index contributed by atoms with van der Waals surface area (Å²) in [6, 6.07) is 10.4. The van der Waals surface area contributed by atoms with Gasteiger partial charge in [0.05, 0.1) is 0 Å². The van der Waals surface area contributed by atoms with Crippen LogP contribution in [0.25, 0.3) is 22.3 Å². The normalized spacial score (nSPS) is 14.7. The van der Waals surface area contributed by atoms with Crippen LogP contribution in [0.1, 0.15) is 0 Å². The molecular formula is C19H18N2O5. The number of phenols is 3. The Morgan fingerprint density at radius 1 is 0.962 bits per heavy atom. The van der Waals surface area contributed by atoms with Gasteiger partial charge in [0.25, 0.3) is 0 Å². The van der Waals surface area contributed by atoms with Crippen molar-refractivity contribution in [2.75, 3.05) is 31.1 Å². The van der Waals surface area contributed by atoms with Gasteiger partial charge in [0.2, 0.25) is 5.75 Å². The van der Waals surface area contributed by atoms with E-state index < -0.39 is 22.7 Å². The van der Waals surface area contributed by atoms with Crippen molar-refractivity contribution in [3.05, 3.63) is 46.6 Å². The predicted octanol–water partition coefficient (Wildman–Crippen LogP) is 1.99. The zero-order valence-electron chi connectivity index (χ0n) is 13.9. The largest absolute Gasteiger partial charge is 0.504 e. The molecule has 0 unspecified atom stereocenters. The van der Waals surface area contributed by atoms with E-state index in [0.717, 1.165) is 0 Å². The first-order valence-electron chi connectivity index (χ1n) is 8.33. The molecular weight excluding hydrogens is 336 g/mol. The number of anilines is 1. The summed E-state index contributed by atoms with van der Waals surface area (Å²) in [6.07, 6.45) is 0. The molecule has 0 amide bonds. The Morgan fingerprint density at radius 3 is 2.35 bits per heavy atom. The first-order valence-corrected chi connectivity index (χ1v) is 8.33. The molecule has 2 heterocycles. The first-order chi connectivity index (χ1) is 12.6. The molecule has 2 aromatic carbocycles. The number of hydrogen-bond acceptors (Lipinski definition) is 7. The van der Waals surface area contributed by atoms with Gasteiger partial charge in [0, 0.05) is 37.8 Å². The van der Waals surface area contributed by atoms with E-state index in [0.29, 0.717) is 37.5 Å². The number of piperazine rings is 1. The second-order valence-electron chi connectivity index (χ2n) is 6.18. The standard InChI is InChI=1S/C19H18N2O5/c22-12-10-13(11-4-2-1-3-5-11)26-19-14(12)16(23)18(25)17(24)15(19)21-8-6-20-7-9-21/h1-5,10,20,23-25H,6-9H2. The molecule has 4 N–H and O–H groups in total. The van der Waals surface area contributed by atoms with Gasteiger partial charge in [-0.25, -0.2) is 0 Å². The van der Waals surface area contributed by atoms with E-state index in [1.54, 1.807) is 12.1 Å². The lowest BCUT2D eigenvalue weighted by molar-refractivity contribution is 0.369. The van der Waals surface area contributed by atoms with Crippen molar-refractivity contribution in [1.29, 1.82) is 0 Å². The lowest BCUT2D eigenvalue weighted by atomic mass is 10.1. The van der Waals surface area contributed by atoms with Gasteiger partial charge in [0.15, 0.2) is 22.5 Å². The van der Waals surface area contributed by atoms with Crippen molar-refractivity contribution >= 4 is 16.7 Å². The zero-order valence-corrected chi connectivity index (χ0v) is 13.9. The summed E-state index contributed by atoms with van der Waals surface area (Å²) in [6.45, 7) is 2.49. The van der Waals surface area contributed by atoms with Crippen LogP contribution in [0, 0.1) is 0 Å². The molecule has 0 radical (unpaired) electrons. The highest BCUT2D eigenvalue weighted by Gasteiger charge is 2.27. The topological polar surface area (TPSA) is 106 Å². The average Bonchev–Trinajstić information content (AvgIpc) is 2.67. The van der Waals surface area contributed by atoms with Gasteiger partial charge >= 0.3 is 0 Å². The Hall–Kier alpha value is -3.19. The van der Waals surface area contributed by atoms with Gasteiger partial charge in [-0.2, -0.15) is 0 Å². The highest BCUT2D eigenvalue weighted by atomic mass is 16.3. The van der Waals surface area contributed by atoms with Crippen LogP contribution in [0.4, 0.5) is 5.69 Å². The van der Waals surface area contributed by atoms with Crippen LogP contribution >= 0.6 is 0 Å². The van der Waals surface area contributed by atoms with Gasteiger partial charge in [-0.3, -0.25) is 4.79 Å². The van der Waals surface area contributed by atoms with Gasteiger partial charge in [-0.15, -0.1) is 0 Å². The van der Waals surface area contributed by atoms with E-state index >= 15 is 0 Å². The fraction of sp³-hybridized carbons (Fsp3) is 0.211. The summed E-state index contributed by atoms with van der Waals surface area (Å²) in [5.74, 6) is -1.57. The molecule has 1 aromatic heterocycles. The van der Waals surface area contributed by atoms with Gasteiger partial charge in [0.1, 0.15) is 16.8 Å². The number of nitrogens with one attached hydrogen (secondary N) is 1. The van der Waals surface area contributed by atoms with Crippen molar-refractivity contribution < 1.29 is 19.7 Å². The van der Waals surface area contributed by atoms with Crippen molar-refractivity contribution in [2.24, 2.45) is 0 Å². The summed E-state index contributed by atoms with van der Waals surface area (Å²) in [5, 5.41) is 33.8. The monoisotopic (exact) mass is 354 g/mol. The van der Waals surface area contributed by atoms with Crippen molar-refractivity contribution in [3.8, 4) is 28.6 Å². The second kappa shape index (κ2) is 6.27. The maximum atomic E-state index is 12.6. The third kappa shape index (κ3) is 2.53. The molecule has 0 bridgehead atoms. The molecule has 7 nitrogen and oxygen atoms in total. The molecule has 134 valence electrons. The number of phenolic OH excluding ortho intramolecular Hbond substituents is 3. The third-order valence-electron chi connectivity index (χ3n) is 4.56. The number of nitrogens with zero attached hydrogens (tertiary/aromatic N) is 1. The SMILES string of the molecule is O=c1cc(-c2ccccc2)oc2c(N3CCNCC3)c(O)c(O)c(O)c12. The fourth-order valence-electron chi connectivity index (χ4n) is 3.26. The van der Waals surface area contributed by atoms with Crippen LogP contribution < -0.4 is 15.6 Å². The molecule has 26 heavy (non-hydrogen) atoms. The number of aromatic hydroxyl groups is 3. The molecule has 1 aliphatic heterocycles. The van der Waals surface area contributed by atoms with Gasteiger partial charge in [-0.05, 0) is 0 Å². The summed E-state index contributed by atoms with van der Waals surface area (Å²) in [5.41, 5.74) is 0.483. The number of fused-ring (bicyclic) bond motifs is 1. The minimum absolute atomic E-state index is 0.0612. The van der Waals surface area contributed by atoms with Crippen molar-refractivity contribution in [3.63, 3.8) is 0 Å². The Morgan fingerprint density at radius 2 is 1.65 bits per heavy atom. The maximum Gasteiger partial charge on any atom is 0.203 e. The van der Waals surface area contributed by atoms with Gasteiger partial charge < -0.3 is 30.0 Å². The molecule has 0 spiro atoms. The van der Waals surface area contributed by atoms with E-state index in [2.05, 4.69) is 5.32 Å². The minimum atomic E-state index is -0.717.